The smallest absolute Gasteiger partial charge is 0.333 e. The first-order chi connectivity index (χ1) is 12.5. The highest BCUT2D eigenvalue weighted by atomic mass is 16.6. The molecule has 27 heavy (non-hydrogen) atoms. The molecule has 0 aliphatic rings. The molecule has 0 saturated heterocycles. The van der Waals surface area contributed by atoms with E-state index in [-0.39, 0.29) is 23.0 Å². The van der Waals surface area contributed by atoms with Gasteiger partial charge in [-0.25, -0.2) is 14.4 Å². The zero-order chi connectivity index (χ0) is 21.3. The third-order valence-corrected chi connectivity index (χ3v) is 3.12. The molecule has 0 fully saturated rings. The topological polar surface area (TPSA) is 136 Å². The lowest BCUT2D eigenvalue weighted by Gasteiger charge is -2.32. The fourth-order valence-electron chi connectivity index (χ4n) is 1.63. The quantitative estimate of drug-likeness (QED) is 0.218. The standard InChI is InChI=1S/C18H24O9/c1-9(2)16(22)25-13(8-20)15(27-18(24)11(5)6)14(12(21)7-19)26-17(23)10(3)4/h8,12-15,19,21H,1,3,5,7H2,2,4,6H3/t12-,13+,14-,15-/m1/s1. The second-order valence-electron chi connectivity index (χ2n) is 5.84. The Morgan fingerprint density at radius 1 is 0.852 bits per heavy atom. The first kappa shape index (κ1) is 24.2. The fraction of sp³-hybridized carbons (Fsp3) is 0.444. The van der Waals surface area contributed by atoms with Crippen molar-refractivity contribution in [2.45, 2.75) is 45.2 Å². The van der Waals surface area contributed by atoms with Crippen molar-refractivity contribution in [1.82, 2.24) is 0 Å². The van der Waals surface area contributed by atoms with Crippen LogP contribution in [0.2, 0.25) is 0 Å². The lowest BCUT2D eigenvalue weighted by Crippen LogP contribution is -2.52. The molecule has 0 aromatic heterocycles. The van der Waals surface area contributed by atoms with Crippen molar-refractivity contribution in [2.75, 3.05) is 6.61 Å². The Morgan fingerprint density at radius 3 is 1.56 bits per heavy atom. The van der Waals surface area contributed by atoms with E-state index in [0.29, 0.717) is 0 Å². The van der Waals surface area contributed by atoms with E-state index in [1.165, 1.54) is 20.8 Å². The highest BCUT2D eigenvalue weighted by Gasteiger charge is 2.42. The van der Waals surface area contributed by atoms with Crippen molar-refractivity contribution < 1.29 is 43.6 Å². The predicted molar refractivity (Wildman–Crippen MR) is 93.2 cm³/mol. The summed E-state index contributed by atoms with van der Waals surface area (Å²) in [6.07, 6.45) is -6.90. The van der Waals surface area contributed by atoms with Crippen LogP contribution in [0.1, 0.15) is 20.8 Å². The molecule has 9 heteroatoms. The third kappa shape index (κ3) is 7.55. The van der Waals surface area contributed by atoms with Gasteiger partial charge in [0.2, 0.25) is 0 Å². The van der Waals surface area contributed by atoms with Gasteiger partial charge in [0.1, 0.15) is 6.10 Å². The molecule has 0 aromatic rings. The summed E-state index contributed by atoms with van der Waals surface area (Å²) in [5, 5.41) is 19.3. The number of aldehydes is 1. The molecule has 0 saturated carbocycles. The number of ether oxygens (including phenoxy) is 3. The number of carbonyl (C=O) groups excluding carboxylic acids is 4. The summed E-state index contributed by atoms with van der Waals surface area (Å²) in [5.41, 5.74) is -0.180. The number of hydrogen-bond acceptors (Lipinski definition) is 9. The number of aliphatic hydroxyl groups is 2. The van der Waals surface area contributed by atoms with Gasteiger partial charge in [0.05, 0.1) is 6.61 Å². The maximum absolute atomic E-state index is 11.9. The normalized spacial score (nSPS) is 14.7. The molecule has 9 nitrogen and oxygen atoms in total. The average Bonchev–Trinajstić information content (AvgIpc) is 2.60. The fourth-order valence-corrected chi connectivity index (χ4v) is 1.63. The van der Waals surface area contributed by atoms with Gasteiger partial charge in [-0.3, -0.25) is 4.79 Å². The minimum atomic E-state index is -1.76. The molecule has 0 unspecified atom stereocenters. The summed E-state index contributed by atoms with van der Waals surface area (Å²) < 4.78 is 15.0. The molecule has 0 aromatic carbocycles. The van der Waals surface area contributed by atoms with E-state index in [4.69, 9.17) is 14.2 Å². The van der Waals surface area contributed by atoms with Gasteiger partial charge in [-0.05, 0) is 20.8 Å². The van der Waals surface area contributed by atoms with Gasteiger partial charge in [-0.1, -0.05) is 19.7 Å². The SMILES string of the molecule is C=C(C)C(=O)O[C@@H]([C@H](OC(=O)C(=C)C)[C@H](C=O)OC(=O)C(=C)C)[C@H](O)CO. The van der Waals surface area contributed by atoms with Crippen molar-refractivity contribution in [3.05, 3.63) is 36.5 Å². The number of hydrogen-bond donors (Lipinski definition) is 2. The molecule has 0 heterocycles. The zero-order valence-corrected chi connectivity index (χ0v) is 15.5. The second kappa shape index (κ2) is 11.0. The van der Waals surface area contributed by atoms with E-state index < -0.39 is 48.9 Å². The number of carbonyl (C=O) groups is 4. The molecule has 0 bridgehead atoms. The Labute approximate surface area is 156 Å². The van der Waals surface area contributed by atoms with Crippen LogP contribution < -0.4 is 0 Å². The van der Waals surface area contributed by atoms with Crippen LogP contribution in [-0.2, 0) is 33.4 Å². The predicted octanol–water partition coefficient (Wildman–Crippen LogP) is 0.00220. The number of rotatable bonds is 11. The van der Waals surface area contributed by atoms with Crippen LogP contribution in [0, 0.1) is 0 Å². The van der Waals surface area contributed by atoms with Crippen LogP contribution in [0.5, 0.6) is 0 Å². The summed E-state index contributed by atoms with van der Waals surface area (Å²) in [5.74, 6) is -2.97. The molecule has 150 valence electrons. The molecule has 0 aliphatic carbocycles. The molecule has 0 aliphatic heterocycles. The summed E-state index contributed by atoms with van der Waals surface area (Å²) in [4.78, 5) is 47.0. The Hall–Kier alpha value is -2.78. The largest absolute Gasteiger partial charge is 0.452 e. The first-order valence-corrected chi connectivity index (χ1v) is 7.79. The van der Waals surface area contributed by atoms with E-state index in [9.17, 15) is 29.4 Å². The van der Waals surface area contributed by atoms with E-state index in [1.807, 2.05) is 0 Å². The van der Waals surface area contributed by atoms with Crippen LogP contribution in [0.25, 0.3) is 0 Å². The molecule has 0 amide bonds. The highest BCUT2D eigenvalue weighted by Crippen LogP contribution is 2.19. The van der Waals surface area contributed by atoms with Crippen LogP contribution in [-0.4, -0.2) is 65.4 Å². The number of esters is 3. The molecular weight excluding hydrogens is 360 g/mol. The average molecular weight is 384 g/mol. The summed E-state index contributed by atoms with van der Waals surface area (Å²) >= 11 is 0. The Bertz CT molecular complexity index is 635. The van der Waals surface area contributed by atoms with Gasteiger partial charge in [0.25, 0.3) is 0 Å². The molecule has 2 N–H and O–H groups in total. The maximum atomic E-state index is 11.9. The van der Waals surface area contributed by atoms with Gasteiger partial charge in [0, 0.05) is 16.7 Å². The van der Waals surface area contributed by atoms with Crippen molar-refractivity contribution in [1.29, 1.82) is 0 Å². The zero-order valence-electron chi connectivity index (χ0n) is 15.5. The van der Waals surface area contributed by atoms with Crippen molar-refractivity contribution in [2.24, 2.45) is 0 Å². The molecule has 0 rings (SSSR count). The summed E-state index contributed by atoms with van der Waals surface area (Å²) in [6.45, 7) is 13.2. The van der Waals surface area contributed by atoms with Crippen LogP contribution in [0.4, 0.5) is 0 Å². The van der Waals surface area contributed by atoms with Gasteiger partial charge < -0.3 is 24.4 Å². The second-order valence-corrected chi connectivity index (χ2v) is 5.84. The Kier molecular flexibility index (Phi) is 9.91. The Morgan fingerprint density at radius 2 is 1.22 bits per heavy atom. The lowest BCUT2D eigenvalue weighted by molar-refractivity contribution is -0.191. The molecule has 0 radical (unpaired) electrons. The molecule has 4 atom stereocenters. The first-order valence-electron chi connectivity index (χ1n) is 7.79. The molecule has 0 spiro atoms. The third-order valence-electron chi connectivity index (χ3n) is 3.12. The van der Waals surface area contributed by atoms with Crippen LogP contribution in [0.3, 0.4) is 0 Å². The van der Waals surface area contributed by atoms with Gasteiger partial charge >= 0.3 is 17.9 Å². The van der Waals surface area contributed by atoms with Gasteiger partial charge in [-0.15, -0.1) is 0 Å². The van der Waals surface area contributed by atoms with Crippen LogP contribution in [0.15, 0.2) is 36.5 Å². The monoisotopic (exact) mass is 384 g/mol. The molecular formula is C18H24O9. The highest BCUT2D eigenvalue weighted by molar-refractivity contribution is 5.89. The van der Waals surface area contributed by atoms with Crippen molar-refractivity contribution in [3.8, 4) is 0 Å². The van der Waals surface area contributed by atoms with Gasteiger partial charge in [0.15, 0.2) is 24.6 Å². The summed E-state index contributed by atoms with van der Waals surface area (Å²) in [6, 6.07) is 0. The van der Waals surface area contributed by atoms with Crippen molar-refractivity contribution >= 4 is 24.2 Å². The van der Waals surface area contributed by atoms with E-state index in [2.05, 4.69) is 19.7 Å². The van der Waals surface area contributed by atoms with Crippen molar-refractivity contribution in [3.63, 3.8) is 0 Å². The van der Waals surface area contributed by atoms with Crippen LogP contribution >= 0.6 is 0 Å². The minimum absolute atomic E-state index is 0.0509. The van der Waals surface area contributed by atoms with Gasteiger partial charge in [-0.2, -0.15) is 0 Å². The van der Waals surface area contributed by atoms with E-state index >= 15 is 0 Å². The van der Waals surface area contributed by atoms with E-state index in [1.54, 1.807) is 0 Å². The Balaban J connectivity index is 5.99. The summed E-state index contributed by atoms with van der Waals surface area (Å²) in [7, 11) is 0. The lowest BCUT2D eigenvalue weighted by atomic mass is 10.0. The van der Waals surface area contributed by atoms with E-state index in [0.717, 1.165) is 0 Å². The minimum Gasteiger partial charge on any atom is -0.452 e. The maximum Gasteiger partial charge on any atom is 0.333 e. The number of aliphatic hydroxyl groups excluding tert-OH is 2.